The molecule has 0 saturated carbocycles. The molecule has 1 atom stereocenters. The Hall–Kier alpha value is -1.87. The standard InChI is InChI=1S/C16H15FO2/c17-13-8-12-6-7-14(10-18)19-16(12)15(9-13)11-4-2-1-3-5-11/h1-5,8-9,14,18H,6-7,10H2. The van der Waals surface area contributed by atoms with E-state index in [0.717, 1.165) is 29.5 Å². The number of aliphatic hydroxyl groups is 1. The Balaban J connectivity index is 2.12. The largest absolute Gasteiger partial charge is 0.487 e. The van der Waals surface area contributed by atoms with Crippen LogP contribution in [-0.2, 0) is 6.42 Å². The monoisotopic (exact) mass is 258 g/mol. The first-order valence-electron chi connectivity index (χ1n) is 6.43. The second-order valence-electron chi connectivity index (χ2n) is 4.77. The summed E-state index contributed by atoms with van der Waals surface area (Å²) in [4.78, 5) is 0. The predicted octanol–water partition coefficient (Wildman–Crippen LogP) is 3.18. The molecule has 98 valence electrons. The number of aliphatic hydroxyl groups excluding tert-OH is 1. The van der Waals surface area contributed by atoms with Gasteiger partial charge in [0.1, 0.15) is 17.7 Å². The average Bonchev–Trinajstić information content (AvgIpc) is 2.47. The maximum Gasteiger partial charge on any atom is 0.131 e. The number of rotatable bonds is 2. The van der Waals surface area contributed by atoms with E-state index in [1.165, 1.54) is 12.1 Å². The zero-order chi connectivity index (χ0) is 13.2. The van der Waals surface area contributed by atoms with Crippen LogP contribution in [0.3, 0.4) is 0 Å². The molecule has 1 N–H and O–H groups in total. The fourth-order valence-corrected chi connectivity index (χ4v) is 2.48. The maximum atomic E-state index is 13.7. The molecule has 1 heterocycles. The van der Waals surface area contributed by atoms with Crippen LogP contribution < -0.4 is 4.74 Å². The van der Waals surface area contributed by atoms with E-state index in [1.54, 1.807) is 0 Å². The number of fused-ring (bicyclic) bond motifs is 1. The van der Waals surface area contributed by atoms with Gasteiger partial charge in [-0.3, -0.25) is 0 Å². The van der Waals surface area contributed by atoms with Gasteiger partial charge in [-0.05, 0) is 36.1 Å². The van der Waals surface area contributed by atoms with Crippen molar-refractivity contribution in [3.63, 3.8) is 0 Å². The molecule has 1 unspecified atom stereocenters. The molecule has 2 nitrogen and oxygen atoms in total. The number of hydrogen-bond donors (Lipinski definition) is 1. The van der Waals surface area contributed by atoms with Gasteiger partial charge in [0.15, 0.2) is 0 Å². The zero-order valence-electron chi connectivity index (χ0n) is 10.5. The van der Waals surface area contributed by atoms with Gasteiger partial charge in [0.25, 0.3) is 0 Å². The summed E-state index contributed by atoms with van der Waals surface area (Å²) in [5.74, 6) is 0.460. The van der Waals surface area contributed by atoms with E-state index in [9.17, 15) is 9.50 Å². The molecule has 0 aromatic heterocycles. The predicted molar refractivity (Wildman–Crippen MR) is 71.7 cm³/mol. The Morgan fingerprint density at radius 2 is 2.00 bits per heavy atom. The summed E-state index contributed by atoms with van der Waals surface area (Å²) in [7, 11) is 0. The van der Waals surface area contributed by atoms with E-state index < -0.39 is 0 Å². The van der Waals surface area contributed by atoms with Gasteiger partial charge in [-0.1, -0.05) is 30.3 Å². The Bertz CT molecular complexity index is 581. The highest BCUT2D eigenvalue weighted by molar-refractivity contribution is 5.72. The van der Waals surface area contributed by atoms with E-state index in [0.29, 0.717) is 5.75 Å². The van der Waals surface area contributed by atoms with Crippen LogP contribution in [0.5, 0.6) is 5.75 Å². The third kappa shape index (κ3) is 2.34. The SMILES string of the molecule is OCC1CCc2cc(F)cc(-c3ccccc3)c2O1. The summed E-state index contributed by atoms with van der Waals surface area (Å²) in [6.07, 6.45) is 1.26. The number of ether oxygens (including phenoxy) is 1. The van der Waals surface area contributed by atoms with Gasteiger partial charge in [-0.2, -0.15) is 0 Å². The van der Waals surface area contributed by atoms with Crippen molar-refractivity contribution in [2.45, 2.75) is 18.9 Å². The van der Waals surface area contributed by atoms with Crippen LogP contribution in [0.1, 0.15) is 12.0 Å². The van der Waals surface area contributed by atoms with Gasteiger partial charge in [0, 0.05) is 5.56 Å². The van der Waals surface area contributed by atoms with Crippen molar-refractivity contribution < 1.29 is 14.2 Å². The molecule has 1 aliphatic heterocycles. The van der Waals surface area contributed by atoms with E-state index in [4.69, 9.17) is 4.74 Å². The third-order valence-electron chi connectivity index (χ3n) is 3.44. The second kappa shape index (κ2) is 5.02. The summed E-state index contributed by atoms with van der Waals surface area (Å²) in [6, 6.07) is 12.6. The molecule has 0 aliphatic carbocycles. The first kappa shape index (κ1) is 12.2. The second-order valence-corrected chi connectivity index (χ2v) is 4.77. The average molecular weight is 258 g/mol. The minimum absolute atomic E-state index is 0.00888. The van der Waals surface area contributed by atoms with Crippen molar-refractivity contribution >= 4 is 0 Å². The number of aryl methyl sites for hydroxylation is 1. The lowest BCUT2D eigenvalue weighted by Gasteiger charge is -2.27. The van der Waals surface area contributed by atoms with Crippen LogP contribution in [0, 0.1) is 5.82 Å². The van der Waals surface area contributed by atoms with Crippen LogP contribution in [-0.4, -0.2) is 17.8 Å². The normalized spacial score (nSPS) is 17.7. The van der Waals surface area contributed by atoms with Gasteiger partial charge >= 0.3 is 0 Å². The minimum Gasteiger partial charge on any atom is -0.487 e. The lowest BCUT2D eigenvalue weighted by Crippen LogP contribution is -2.26. The van der Waals surface area contributed by atoms with Crippen LogP contribution >= 0.6 is 0 Å². The first-order valence-corrected chi connectivity index (χ1v) is 6.43. The van der Waals surface area contributed by atoms with Crippen molar-refractivity contribution in [1.82, 2.24) is 0 Å². The number of benzene rings is 2. The van der Waals surface area contributed by atoms with E-state index >= 15 is 0 Å². The molecule has 2 aromatic carbocycles. The third-order valence-corrected chi connectivity index (χ3v) is 3.44. The molecule has 0 fully saturated rings. The van der Waals surface area contributed by atoms with Crippen LogP contribution in [0.25, 0.3) is 11.1 Å². The van der Waals surface area contributed by atoms with Gasteiger partial charge in [-0.25, -0.2) is 4.39 Å². The van der Waals surface area contributed by atoms with Gasteiger partial charge < -0.3 is 9.84 Å². The van der Waals surface area contributed by atoms with Crippen molar-refractivity contribution in [2.75, 3.05) is 6.61 Å². The zero-order valence-corrected chi connectivity index (χ0v) is 10.5. The summed E-state index contributed by atoms with van der Waals surface area (Å²) >= 11 is 0. The highest BCUT2D eigenvalue weighted by Gasteiger charge is 2.23. The summed E-state index contributed by atoms with van der Waals surface area (Å²) < 4.78 is 19.5. The Labute approximate surface area is 111 Å². The van der Waals surface area contributed by atoms with Crippen molar-refractivity contribution in [1.29, 1.82) is 0 Å². The van der Waals surface area contributed by atoms with Crippen LogP contribution in [0.15, 0.2) is 42.5 Å². The fraction of sp³-hybridized carbons (Fsp3) is 0.250. The Kier molecular flexibility index (Phi) is 3.22. The fourth-order valence-electron chi connectivity index (χ4n) is 2.48. The summed E-state index contributed by atoms with van der Waals surface area (Å²) in [6.45, 7) is -0.00888. The van der Waals surface area contributed by atoms with Crippen molar-refractivity contribution in [3.05, 3.63) is 53.8 Å². The van der Waals surface area contributed by atoms with Crippen LogP contribution in [0.2, 0.25) is 0 Å². The quantitative estimate of drug-likeness (QED) is 0.896. The Morgan fingerprint density at radius 3 is 2.74 bits per heavy atom. The highest BCUT2D eigenvalue weighted by Crippen LogP contribution is 2.38. The molecule has 0 amide bonds. The molecular weight excluding hydrogens is 243 g/mol. The molecular formula is C16H15FO2. The van der Waals surface area contributed by atoms with E-state index in [1.807, 2.05) is 30.3 Å². The molecule has 19 heavy (non-hydrogen) atoms. The molecule has 1 aliphatic rings. The highest BCUT2D eigenvalue weighted by atomic mass is 19.1. The first-order chi connectivity index (χ1) is 9.28. The van der Waals surface area contributed by atoms with Gasteiger partial charge in [-0.15, -0.1) is 0 Å². The minimum atomic E-state index is -0.247. The number of hydrogen-bond acceptors (Lipinski definition) is 2. The molecule has 0 radical (unpaired) electrons. The molecule has 0 saturated heterocycles. The molecule has 0 spiro atoms. The van der Waals surface area contributed by atoms with E-state index in [-0.39, 0.29) is 18.5 Å². The van der Waals surface area contributed by atoms with Crippen molar-refractivity contribution in [3.8, 4) is 16.9 Å². The lowest BCUT2D eigenvalue weighted by molar-refractivity contribution is 0.0982. The maximum absolute atomic E-state index is 13.7. The molecule has 3 rings (SSSR count). The summed E-state index contributed by atoms with van der Waals surface area (Å²) in [5, 5.41) is 9.23. The van der Waals surface area contributed by atoms with Gasteiger partial charge in [0.05, 0.1) is 6.61 Å². The van der Waals surface area contributed by atoms with Crippen LogP contribution in [0.4, 0.5) is 4.39 Å². The molecule has 3 heteroatoms. The number of halogens is 1. The smallest absolute Gasteiger partial charge is 0.131 e. The Morgan fingerprint density at radius 1 is 1.21 bits per heavy atom. The van der Waals surface area contributed by atoms with E-state index in [2.05, 4.69) is 0 Å². The van der Waals surface area contributed by atoms with Crippen molar-refractivity contribution in [2.24, 2.45) is 0 Å². The van der Waals surface area contributed by atoms with Gasteiger partial charge in [0.2, 0.25) is 0 Å². The topological polar surface area (TPSA) is 29.5 Å². The lowest BCUT2D eigenvalue weighted by atomic mass is 9.95. The summed E-state index contributed by atoms with van der Waals surface area (Å²) in [5.41, 5.74) is 2.56. The molecule has 2 aromatic rings. The molecule has 0 bridgehead atoms.